The van der Waals surface area contributed by atoms with E-state index in [1.807, 2.05) is 6.92 Å². The van der Waals surface area contributed by atoms with Crippen LogP contribution in [0.2, 0.25) is 0 Å². The number of hydrogen-bond donors (Lipinski definition) is 0. The van der Waals surface area contributed by atoms with Gasteiger partial charge < -0.3 is 4.74 Å². The minimum atomic E-state index is -0.164. The Balaban J connectivity index is 3.07. The highest BCUT2D eigenvalue weighted by Gasteiger charge is 2.02. The van der Waals surface area contributed by atoms with Crippen molar-refractivity contribution in [1.82, 2.24) is 4.98 Å². The number of methoxy groups -OCH3 is 1. The molecule has 0 aliphatic rings. The maximum absolute atomic E-state index is 10.9. The summed E-state index contributed by atoms with van der Waals surface area (Å²) < 4.78 is 4.68. The summed E-state index contributed by atoms with van der Waals surface area (Å²) in [4.78, 5) is 3.76. The molecule has 0 aliphatic carbocycles. The summed E-state index contributed by atoms with van der Waals surface area (Å²) in [5.74, 6) is -0.00639. The van der Waals surface area contributed by atoms with Crippen molar-refractivity contribution in [3.63, 3.8) is 0 Å². The molecule has 0 fully saturated rings. The Kier molecular flexibility index (Phi) is 1.76. The van der Waals surface area contributed by atoms with Gasteiger partial charge in [0, 0.05) is 6.20 Å². The molecule has 1 rings (SSSR count). The van der Waals surface area contributed by atoms with E-state index in [0.29, 0.717) is 0 Å². The number of nitrogens with zero attached hydrogens (tertiary/aromatic N) is 1. The molecule has 0 saturated heterocycles. The second-order valence-corrected chi connectivity index (χ2v) is 2.02. The first kappa shape index (κ1) is 6.86. The van der Waals surface area contributed by atoms with Crippen molar-refractivity contribution in [1.29, 1.82) is 0 Å². The highest BCUT2D eigenvalue weighted by Crippen LogP contribution is 2.22. The van der Waals surface area contributed by atoms with Crippen LogP contribution in [0.1, 0.15) is 5.56 Å². The zero-order valence-electron chi connectivity index (χ0n) is 5.92. The Hall–Kier alpha value is -1.25. The van der Waals surface area contributed by atoms with Gasteiger partial charge in [-0.2, -0.15) is 0 Å². The fraction of sp³-hybridized carbons (Fsp3) is 0.286. The van der Waals surface area contributed by atoms with Crippen LogP contribution in [0, 0.1) is 6.92 Å². The second-order valence-electron chi connectivity index (χ2n) is 2.02. The third-order valence-electron chi connectivity index (χ3n) is 1.15. The summed E-state index contributed by atoms with van der Waals surface area (Å²) in [5, 5.41) is 10.9. The average Bonchev–Trinajstić information content (AvgIpc) is 1.88. The van der Waals surface area contributed by atoms with Crippen LogP contribution in [-0.2, 0) is 5.11 Å². The smallest absolute Gasteiger partial charge is 0.262 e. The topological polar surface area (TPSA) is 42.0 Å². The maximum atomic E-state index is 10.9. The van der Waals surface area contributed by atoms with Crippen molar-refractivity contribution in [2.45, 2.75) is 6.92 Å². The van der Waals surface area contributed by atoms with E-state index in [-0.39, 0.29) is 11.6 Å². The SMILES string of the molecule is COc1ncc(C)cc1[O]. The normalized spacial score (nSPS) is 9.40. The Morgan fingerprint density at radius 2 is 2.30 bits per heavy atom. The molecular weight excluding hydrogens is 130 g/mol. The second kappa shape index (κ2) is 2.56. The highest BCUT2D eigenvalue weighted by atomic mass is 16.5. The van der Waals surface area contributed by atoms with Crippen LogP contribution in [0.25, 0.3) is 0 Å². The van der Waals surface area contributed by atoms with Crippen LogP contribution >= 0.6 is 0 Å². The summed E-state index contributed by atoms with van der Waals surface area (Å²) in [6.07, 6.45) is 1.60. The lowest BCUT2D eigenvalue weighted by molar-refractivity contribution is 0.306. The molecule has 3 nitrogen and oxygen atoms in total. The van der Waals surface area contributed by atoms with Gasteiger partial charge >= 0.3 is 0 Å². The minimum absolute atomic E-state index is 0.158. The van der Waals surface area contributed by atoms with Gasteiger partial charge in [-0.1, -0.05) is 0 Å². The van der Waals surface area contributed by atoms with Crippen LogP contribution in [0.5, 0.6) is 11.6 Å². The molecule has 1 heterocycles. The van der Waals surface area contributed by atoms with Crippen molar-refractivity contribution in [3.05, 3.63) is 17.8 Å². The number of rotatable bonds is 1. The third kappa shape index (κ3) is 1.18. The van der Waals surface area contributed by atoms with E-state index in [1.54, 1.807) is 6.20 Å². The molecule has 0 aliphatic heterocycles. The van der Waals surface area contributed by atoms with E-state index in [4.69, 9.17) is 0 Å². The van der Waals surface area contributed by atoms with Crippen molar-refractivity contribution < 1.29 is 9.84 Å². The van der Waals surface area contributed by atoms with E-state index < -0.39 is 0 Å². The number of aryl methyl sites for hydroxylation is 1. The van der Waals surface area contributed by atoms with Crippen molar-refractivity contribution >= 4 is 0 Å². The minimum Gasteiger partial charge on any atom is -0.478 e. The van der Waals surface area contributed by atoms with E-state index in [9.17, 15) is 5.11 Å². The monoisotopic (exact) mass is 138 g/mol. The third-order valence-corrected chi connectivity index (χ3v) is 1.15. The Morgan fingerprint density at radius 3 is 2.80 bits per heavy atom. The Morgan fingerprint density at radius 1 is 1.60 bits per heavy atom. The summed E-state index contributed by atoms with van der Waals surface area (Å²) in [6.45, 7) is 1.81. The van der Waals surface area contributed by atoms with Gasteiger partial charge in [0.1, 0.15) is 0 Å². The summed E-state index contributed by atoms with van der Waals surface area (Å²) >= 11 is 0. The number of pyridine rings is 1. The molecule has 53 valence electrons. The van der Waals surface area contributed by atoms with Gasteiger partial charge in [-0.25, -0.2) is 4.98 Å². The van der Waals surface area contributed by atoms with Gasteiger partial charge in [0.25, 0.3) is 5.88 Å². The lowest BCUT2D eigenvalue weighted by Crippen LogP contribution is -1.87. The number of ether oxygens (including phenoxy) is 1. The number of hydrogen-bond acceptors (Lipinski definition) is 2. The van der Waals surface area contributed by atoms with E-state index in [0.717, 1.165) is 5.56 Å². The average molecular weight is 138 g/mol. The zero-order valence-corrected chi connectivity index (χ0v) is 5.92. The summed E-state index contributed by atoms with van der Waals surface area (Å²) in [6, 6.07) is 1.49. The zero-order chi connectivity index (χ0) is 7.56. The molecule has 1 aromatic heterocycles. The van der Waals surface area contributed by atoms with Crippen LogP contribution < -0.4 is 4.74 Å². The molecular formula is C7H8NO2. The first-order valence-electron chi connectivity index (χ1n) is 2.91. The molecule has 1 aromatic rings. The van der Waals surface area contributed by atoms with E-state index >= 15 is 0 Å². The van der Waals surface area contributed by atoms with Gasteiger partial charge in [-0.05, 0) is 18.6 Å². The van der Waals surface area contributed by atoms with Gasteiger partial charge in [-0.3, -0.25) is 5.11 Å². The van der Waals surface area contributed by atoms with Crippen molar-refractivity contribution in [3.8, 4) is 11.6 Å². The molecule has 10 heavy (non-hydrogen) atoms. The lowest BCUT2D eigenvalue weighted by atomic mass is 10.3. The summed E-state index contributed by atoms with van der Waals surface area (Å²) in [5.41, 5.74) is 0.853. The molecule has 0 spiro atoms. The lowest BCUT2D eigenvalue weighted by Gasteiger charge is -1.98. The molecule has 0 aromatic carbocycles. The number of aromatic nitrogens is 1. The standard InChI is InChI=1S/C7H8NO2/c1-5-3-6(9)7(10-2)8-4-5/h3-4H,1-2H3. The fourth-order valence-corrected chi connectivity index (χ4v) is 0.683. The Bertz CT molecular complexity index is 235. The molecule has 0 bridgehead atoms. The van der Waals surface area contributed by atoms with Crippen molar-refractivity contribution in [2.75, 3.05) is 7.11 Å². The molecule has 0 saturated carbocycles. The Labute approximate surface area is 59.3 Å². The van der Waals surface area contributed by atoms with E-state index in [1.165, 1.54) is 13.2 Å². The van der Waals surface area contributed by atoms with Gasteiger partial charge in [0.2, 0.25) is 5.75 Å². The van der Waals surface area contributed by atoms with Gasteiger partial charge in [0.15, 0.2) is 0 Å². The van der Waals surface area contributed by atoms with Crippen LogP contribution in [0.3, 0.4) is 0 Å². The van der Waals surface area contributed by atoms with Crippen LogP contribution in [-0.4, -0.2) is 12.1 Å². The largest absolute Gasteiger partial charge is 0.478 e. The quantitative estimate of drug-likeness (QED) is 0.590. The molecule has 3 heteroatoms. The van der Waals surface area contributed by atoms with Gasteiger partial charge in [0.05, 0.1) is 7.11 Å². The van der Waals surface area contributed by atoms with Gasteiger partial charge in [-0.15, -0.1) is 0 Å². The van der Waals surface area contributed by atoms with Crippen LogP contribution in [0.4, 0.5) is 0 Å². The molecule has 0 atom stereocenters. The van der Waals surface area contributed by atoms with Crippen molar-refractivity contribution in [2.24, 2.45) is 0 Å². The first-order valence-corrected chi connectivity index (χ1v) is 2.91. The summed E-state index contributed by atoms with van der Waals surface area (Å²) in [7, 11) is 1.43. The molecule has 1 radical (unpaired) electrons. The fourth-order valence-electron chi connectivity index (χ4n) is 0.683. The predicted octanol–water partition coefficient (Wildman–Crippen LogP) is 1.54. The highest BCUT2D eigenvalue weighted by molar-refractivity contribution is 5.33. The molecule has 0 N–H and O–H groups in total. The van der Waals surface area contributed by atoms with Crippen LogP contribution in [0.15, 0.2) is 12.3 Å². The molecule has 0 amide bonds. The first-order chi connectivity index (χ1) is 4.74. The molecule has 0 unspecified atom stereocenters. The predicted molar refractivity (Wildman–Crippen MR) is 35.7 cm³/mol. The maximum Gasteiger partial charge on any atom is 0.262 e. The van der Waals surface area contributed by atoms with E-state index in [2.05, 4.69) is 9.72 Å².